The van der Waals surface area contributed by atoms with E-state index < -0.39 is 0 Å². The van der Waals surface area contributed by atoms with E-state index >= 15 is 0 Å². The Kier molecular flexibility index (Phi) is 3.91. The van der Waals surface area contributed by atoms with Crippen LogP contribution in [-0.2, 0) is 6.54 Å². The number of aryl methyl sites for hydroxylation is 2. The highest BCUT2D eigenvalue weighted by molar-refractivity contribution is 5.22. The monoisotopic (exact) mass is 209 g/mol. The number of hydrogen-bond donors (Lipinski definition) is 2. The fraction of sp³-hybridized carbons (Fsp3) is 0.750. The number of nitrogens with zero attached hydrogens (tertiary/aromatic N) is 1. The molecule has 3 heteroatoms. The summed E-state index contributed by atoms with van der Waals surface area (Å²) in [7, 11) is 0. The third-order valence-corrected chi connectivity index (χ3v) is 3.14. The summed E-state index contributed by atoms with van der Waals surface area (Å²) in [6, 6.07) is 0. The van der Waals surface area contributed by atoms with Gasteiger partial charge in [0.15, 0.2) is 0 Å². The molecule has 0 fully saturated rings. The van der Waals surface area contributed by atoms with E-state index in [0.717, 1.165) is 18.8 Å². The molecule has 1 rings (SSSR count). The first kappa shape index (κ1) is 12.2. The number of hydrogen-bond acceptors (Lipinski definition) is 2. The molecule has 0 radical (unpaired) electrons. The molecule has 0 aliphatic rings. The minimum atomic E-state index is 0.381. The van der Waals surface area contributed by atoms with Gasteiger partial charge in [-0.15, -0.1) is 0 Å². The Morgan fingerprint density at radius 1 is 1.33 bits per heavy atom. The van der Waals surface area contributed by atoms with Crippen molar-refractivity contribution in [2.24, 2.45) is 5.41 Å². The van der Waals surface area contributed by atoms with Crippen molar-refractivity contribution in [1.82, 2.24) is 15.5 Å². The summed E-state index contributed by atoms with van der Waals surface area (Å²) in [5, 5.41) is 10.7. The lowest BCUT2D eigenvalue weighted by atomic mass is 9.90. The van der Waals surface area contributed by atoms with Gasteiger partial charge in [0.2, 0.25) is 0 Å². The van der Waals surface area contributed by atoms with E-state index in [2.05, 4.69) is 43.2 Å². The lowest BCUT2D eigenvalue weighted by molar-refractivity contribution is 0.327. The first-order chi connectivity index (χ1) is 6.96. The van der Waals surface area contributed by atoms with Gasteiger partial charge in [-0.1, -0.05) is 20.8 Å². The molecule has 1 aromatic heterocycles. The zero-order valence-corrected chi connectivity index (χ0v) is 10.6. The zero-order chi connectivity index (χ0) is 11.5. The van der Waals surface area contributed by atoms with E-state index in [-0.39, 0.29) is 0 Å². The van der Waals surface area contributed by atoms with Gasteiger partial charge in [0.1, 0.15) is 0 Å². The fourth-order valence-corrected chi connectivity index (χ4v) is 1.49. The van der Waals surface area contributed by atoms with Crippen molar-refractivity contribution >= 4 is 0 Å². The maximum Gasteiger partial charge on any atom is 0.0638 e. The number of aromatic amines is 1. The van der Waals surface area contributed by atoms with Crippen LogP contribution in [0.2, 0.25) is 0 Å². The molecule has 0 spiro atoms. The van der Waals surface area contributed by atoms with Gasteiger partial charge in [0.25, 0.3) is 0 Å². The van der Waals surface area contributed by atoms with Crippen LogP contribution < -0.4 is 5.32 Å². The molecule has 0 saturated heterocycles. The first-order valence-electron chi connectivity index (χ1n) is 5.67. The zero-order valence-electron chi connectivity index (χ0n) is 10.6. The molecule has 0 unspecified atom stereocenters. The van der Waals surface area contributed by atoms with Crippen molar-refractivity contribution in [2.45, 2.75) is 47.6 Å². The van der Waals surface area contributed by atoms with Crippen molar-refractivity contribution in [1.29, 1.82) is 0 Å². The predicted octanol–water partition coefficient (Wildman–Crippen LogP) is 2.55. The van der Waals surface area contributed by atoms with E-state index in [9.17, 15) is 0 Å². The van der Waals surface area contributed by atoms with Crippen LogP contribution in [0.3, 0.4) is 0 Å². The summed E-state index contributed by atoms with van der Waals surface area (Å²) < 4.78 is 0. The summed E-state index contributed by atoms with van der Waals surface area (Å²) in [6.07, 6.45) is 1.20. The largest absolute Gasteiger partial charge is 0.312 e. The van der Waals surface area contributed by atoms with E-state index in [1.54, 1.807) is 0 Å². The second kappa shape index (κ2) is 4.79. The first-order valence-corrected chi connectivity index (χ1v) is 5.67. The summed E-state index contributed by atoms with van der Waals surface area (Å²) >= 11 is 0. The summed E-state index contributed by atoms with van der Waals surface area (Å²) in [5.41, 5.74) is 3.97. The molecular formula is C12H23N3. The molecule has 15 heavy (non-hydrogen) atoms. The minimum Gasteiger partial charge on any atom is -0.312 e. The van der Waals surface area contributed by atoms with Crippen LogP contribution in [0.15, 0.2) is 0 Å². The summed E-state index contributed by atoms with van der Waals surface area (Å²) in [4.78, 5) is 0. The van der Waals surface area contributed by atoms with E-state index in [4.69, 9.17) is 0 Å². The molecule has 0 aliphatic heterocycles. The lowest BCUT2D eigenvalue weighted by Gasteiger charge is -2.23. The van der Waals surface area contributed by atoms with Crippen LogP contribution in [0, 0.1) is 19.3 Å². The molecule has 1 aromatic rings. The van der Waals surface area contributed by atoms with Gasteiger partial charge in [-0.25, -0.2) is 0 Å². The number of nitrogens with one attached hydrogen (secondary N) is 2. The van der Waals surface area contributed by atoms with Crippen LogP contribution in [0.1, 0.15) is 44.1 Å². The third kappa shape index (κ3) is 3.34. The lowest BCUT2D eigenvalue weighted by Crippen LogP contribution is -2.28. The standard InChI is InChI=1S/C12H23N3/c1-6-12(4,5)8-13-7-11-9(2)14-15-10(11)3/h13H,6-8H2,1-5H3,(H,14,15). The Morgan fingerprint density at radius 3 is 2.47 bits per heavy atom. The third-order valence-electron chi connectivity index (χ3n) is 3.14. The second-order valence-corrected chi connectivity index (χ2v) is 5.03. The highest BCUT2D eigenvalue weighted by atomic mass is 15.1. The van der Waals surface area contributed by atoms with Crippen molar-refractivity contribution < 1.29 is 0 Å². The maximum atomic E-state index is 4.19. The Labute approximate surface area is 92.7 Å². The topological polar surface area (TPSA) is 40.7 Å². The Hall–Kier alpha value is -0.830. The van der Waals surface area contributed by atoms with Crippen LogP contribution in [-0.4, -0.2) is 16.7 Å². The van der Waals surface area contributed by atoms with Crippen molar-refractivity contribution in [3.8, 4) is 0 Å². The quantitative estimate of drug-likeness (QED) is 0.782. The molecule has 0 atom stereocenters. The van der Waals surface area contributed by atoms with E-state index in [0.29, 0.717) is 5.41 Å². The Balaban J connectivity index is 2.45. The van der Waals surface area contributed by atoms with Crippen LogP contribution in [0.4, 0.5) is 0 Å². The summed E-state index contributed by atoms with van der Waals surface area (Å²) in [6.45, 7) is 12.9. The molecule has 0 amide bonds. The van der Waals surface area contributed by atoms with Crippen LogP contribution in [0.25, 0.3) is 0 Å². The highest BCUT2D eigenvalue weighted by Gasteiger charge is 2.14. The smallest absolute Gasteiger partial charge is 0.0638 e. The molecule has 0 aromatic carbocycles. The average molecular weight is 209 g/mol. The average Bonchev–Trinajstić information content (AvgIpc) is 2.49. The van der Waals surface area contributed by atoms with E-state index in [1.807, 2.05) is 6.92 Å². The van der Waals surface area contributed by atoms with Crippen molar-refractivity contribution in [3.05, 3.63) is 17.0 Å². The minimum absolute atomic E-state index is 0.381. The Morgan fingerprint density at radius 2 is 2.00 bits per heavy atom. The fourth-order valence-electron chi connectivity index (χ4n) is 1.49. The van der Waals surface area contributed by atoms with Gasteiger partial charge in [-0.3, -0.25) is 5.10 Å². The molecule has 0 aliphatic carbocycles. The number of rotatable bonds is 5. The molecular weight excluding hydrogens is 186 g/mol. The predicted molar refractivity (Wildman–Crippen MR) is 63.8 cm³/mol. The number of H-pyrrole nitrogens is 1. The normalized spacial score (nSPS) is 12.1. The second-order valence-electron chi connectivity index (χ2n) is 5.03. The van der Waals surface area contributed by atoms with Gasteiger partial charge in [-0.2, -0.15) is 5.10 Å². The maximum absolute atomic E-state index is 4.19. The molecule has 2 N–H and O–H groups in total. The molecule has 86 valence electrons. The number of aromatic nitrogens is 2. The van der Waals surface area contributed by atoms with Gasteiger partial charge in [0, 0.05) is 24.3 Å². The van der Waals surface area contributed by atoms with Crippen molar-refractivity contribution in [2.75, 3.05) is 6.54 Å². The highest BCUT2D eigenvalue weighted by Crippen LogP contribution is 2.18. The van der Waals surface area contributed by atoms with Crippen LogP contribution >= 0.6 is 0 Å². The molecule has 3 nitrogen and oxygen atoms in total. The molecule has 0 bridgehead atoms. The van der Waals surface area contributed by atoms with Crippen molar-refractivity contribution in [3.63, 3.8) is 0 Å². The SMILES string of the molecule is CCC(C)(C)CNCc1c(C)n[nH]c1C. The molecule has 1 heterocycles. The van der Waals surface area contributed by atoms with Crippen LogP contribution in [0.5, 0.6) is 0 Å². The van der Waals surface area contributed by atoms with Gasteiger partial charge in [0.05, 0.1) is 5.69 Å². The van der Waals surface area contributed by atoms with Gasteiger partial charge < -0.3 is 5.32 Å². The van der Waals surface area contributed by atoms with Gasteiger partial charge in [-0.05, 0) is 25.7 Å². The summed E-state index contributed by atoms with van der Waals surface area (Å²) in [5.74, 6) is 0. The van der Waals surface area contributed by atoms with Gasteiger partial charge >= 0.3 is 0 Å². The Bertz CT molecular complexity index is 293. The molecule has 0 saturated carbocycles. The van der Waals surface area contributed by atoms with E-state index in [1.165, 1.54) is 17.7 Å².